The number of carbonyl (C=O) groups is 1. The van der Waals surface area contributed by atoms with Gasteiger partial charge in [-0.2, -0.15) is 5.26 Å². The molecule has 0 spiro atoms. The minimum atomic E-state index is -0.455. The minimum Gasteiger partial charge on any atom is -0.384 e. The number of amides is 1. The van der Waals surface area contributed by atoms with E-state index in [9.17, 15) is 9.18 Å². The highest BCUT2D eigenvalue weighted by Crippen LogP contribution is 2.27. The van der Waals surface area contributed by atoms with E-state index >= 15 is 0 Å². The standard InChI is InChI=1S/C11H8FN3O/c12-8-2-1-3-9(5-8)15-10(16)4-7(6-13)11(15)14/h1-3,5H,4,14H2. The molecule has 5 heteroatoms. The number of carbonyl (C=O) groups excluding carboxylic acids is 1. The number of benzene rings is 1. The highest BCUT2D eigenvalue weighted by molar-refractivity contribution is 6.01. The molecule has 0 saturated heterocycles. The zero-order chi connectivity index (χ0) is 11.7. The van der Waals surface area contributed by atoms with E-state index < -0.39 is 5.82 Å². The van der Waals surface area contributed by atoms with Crippen molar-refractivity contribution >= 4 is 11.6 Å². The van der Waals surface area contributed by atoms with Gasteiger partial charge in [-0.15, -0.1) is 0 Å². The molecule has 4 nitrogen and oxygen atoms in total. The number of nitriles is 1. The summed E-state index contributed by atoms with van der Waals surface area (Å²) in [4.78, 5) is 12.8. The van der Waals surface area contributed by atoms with Crippen molar-refractivity contribution in [2.24, 2.45) is 5.73 Å². The second-order valence-corrected chi connectivity index (χ2v) is 3.36. The molecule has 1 aromatic rings. The predicted octanol–water partition coefficient (Wildman–Crippen LogP) is 1.26. The molecule has 80 valence electrons. The van der Waals surface area contributed by atoms with E-state index in [0.717, 1.165) is 4.90 Å². The number of hydrogen-bond acceptors (Lipinski definition) is 3. The van der Waals surface area contributed by atoms with Gasteiger partial charge in [-0.25, -0.2) is 4.39 Å². The van der Waals surface area contributed by atoms with Gasteiger partial charge in [0.1, 0.15) is 11.6 Å². The molecule has 0 bridgehead atoms. The van der Waals surface area contributed by atoms with Crippen molar-refractivity contribution in [3.05, 3.63) is 41.5 Å². The summed E-state index contributed by atoms with van der Waals surface area (Å²) < 4.78 is 13.0. The van der Waals surface area contributed by atoms with Crippen LogP contribution in [0.25, 0.3) is 0 Å². The van der Waals surface area contributed by atoms with E-state index in [0.29, 0.717) is 5.69 Å². The maximum atomic E-state index is 13.0. The molecule has 1 heterocycles. The number of anilines is 1. The lowest BCUT2D eigenvalue weighted by atomic mass is 10.2. The summed E-state index contributed by atoms with van der Waals surface area (Å²) in [6.07, 6.45) is -0.0289. The Balaban J connectivity index is 2.46. The second-order valence-electron chi connectivity index (χ2n) is 3.36. The zero-order valence-corrected chi connectivity index (χ0v) is 8.27. The van der Waals surface area contributed by atoms with Crippen LogP contribution in [0.1, 0.15) is 6.42 Å². The Morgan fingerprint density at radius 2 is 2.25 bits per heavy atom. The predicted molar refractivity (Wildman–Crippen MR) is 55.3 cm³/mol. The lowest BCUT2D eigenvalue weighted by Gasteiger charge is -2.17. The summed E-state index contributed by atoms with van der Waals surface area (Å²) in [7, 11) is 0. The molecular weight excluding hydrogens is 209 g/mol. The van der Waals surface area contributed by atoms with Crippen LogP contribution in [-0.4, -0.2) is 5.91 Å². The molecule has 0 aliphatic carbocycles. The fraction of sp³-hybridized carbons (Fsp3) is 0.0909. The van der Waals surface area contributed by atoms with E-state index in [1.165, 1.54) is 18.2 Å². The van der Waals surface area contributed by atoms with Crippen LogP contribution in [0.3, 0.4) is 0 Å². The first-order valence-corrected chi connectivity index (χ1v) is 4.60. The molecule has 0 unspecified atom stereocenters. The monoisotopic (exact) mass is 217 g/mol. The van der Waals surface area contributed by atoms with Gasteiger partial charge in [-0.1, -0.05) is 6.07 Å². The fourth-order valence-corrected chi connectivity index (χ4v) is 1.59. The first-order valence-electron chi connectivity index (χ1n) is 4.60. The van der Waals surface area contributed by atoms with Crippen molar-refractivity contribution in [2.75, 3.05) is 4.90 Å². The van der Waals surface area contributed by atoms with E-state index in [1.54, 1.807) is 6.07 Å². The van der Waals surface area contributed by atoms with Crippen molar-refractivity contribution in [1.29, 1.82) is 5.26 Å². The van der Waals surface area contributed by atoms with Gasteiger partial charge < -0.3 is 5.73 Å². The molecule has 1 aliphatic heterocycles. The third-order valence-corrected chi connectivity index (χ3v) is 2.33. The van der Waals surface area contributed by atoms with Crippen LogP contribution in [0.5, 0.6) is 0 Å². The Hall–Kier alpha value is -2.35. The minimum absolute atomic E-state index is 0.0289. The summed E-state index contributed by atoms with van der Waals surface area (Å²) in [6.45, 7) is 0. The number of rotatable bonds is 1. The van der Waals surface area contributed by atoms with Crippen LogP contribution in [0, 0.1) is 17.1 Å². The van der Waals surface area contributed by atoms with Gasteiger partial charge in [0.15, 0.2) is 0 Å². The second kappa shape index (κ2) is 3.66. The van der Waals surface area contributed by atoms with Gasteiger partial charge in [0.25, 0.3) is 0 Å². The van der Waals surface area contributed by atoms with Gasteiger partial charge in [0.2, 0.25) is 5.91 Å². The van der Waals surface area contributed by atoms with Crippen LogP contribution in [-0.2, 0) is 4.79 Å². The number of nitrogens with two attached hydrogens (primary N) is 1. The normalized spacial score (nSPS) is 15.5. The van der Waals surface area contributed by atoms with E-state index in [1.807, 2.05) is 6.07 Å². The van der Waals surface area contributed by atoms with Gasteiger partial charge in [0, 0.05) is 0 Å². The first-order chi connectivity index (χ1) is 7.63. The van der Waals surface area contributed by atoms with Crippen molar-refractivity contribution in [1.82, 2.24) is 0 Å². The van der Waals surface area contributed by atoms with Crippen LogP contribution >= 0.6 is 0 Å². The summed E-state index contributed by atoms with van der Waals surface area (Å²) in [5, 5.41) is 8.73. The highest BCUT2D eigenvalue weighted by Gasteiger charge is 2.29. The van der Waals surface area contributed by atoms with Crippen molar-refractivity contribution < 1.29 is 9.18 Å². The van der Waals surface area contributed by atoms with Gasteiger partial charge >= 0.3 is 0 Å². The fourth-order valence-electron chi connectivity index (χ4n) is 1.59. The third-order valence-electron chi connectivity index (χ3n) is 2.33. The molecule has 0 fully saturated rings. The van der Waals surface area contributed by atoms with E-state index in [-0.39, 0.29) is 23.7 Å². The van der Waals surface area contributed by atoms with Gasteiger partial charge in [-0.3, -0.25) is 9.69 Å². The SMILES string of the molecule is N#CC1=C(N)N(c2cccc(F)c2)C(=O)C1. The summed E-state index contributed by atoms with van der Waals surface area (Å²) in [5.74, 6) is -0.693. The maximum Gasteiger partial charge on any atom is 0.238 e. The van der Waals surface area contributed by atoms with Crippen LogP contribution in [0.15, 0.2) is 35.7 Å². The Morgan fingerprint density at radius 1 is 1.50 bits per heavy atom. The summed E-state index contributed by atoms with van der Waals surface area (Å²) in [5.41, 5.74) is 6.20. The Labute approximate surface area is 91.4 Å². The van der Waals surface area contributed by atoms with Crippen LogP contribution in [0.4, 0.5) is 10.1 Å². The number of hydrogen-bond donors (Lipinski definition) is 1. The van der Waals surface area contributed by atoms with Gasteiger partial charge in [-0.05, 0) is 18.2 Å². The highest BCUT2D eigenvalue weighted by atomic mass is 19.1. The average molecular weight is 217 g/mol. The molecule has 1 aromatic carbocycles. The molecule has 1 aliphatic rings. The Kier molecular flexibility index (Phi) is 2.33. The molecule has 2 N–H and O–H groups in total. The zero-order valence-electron chi connectivity index (χ0n) is 8.27. The van der Waals surface area contributed by atoms with Crippen molar-refractivity contribution in [3.63, 3.8) is 0 Å². The van der Waals surface area contributed by atoms with Crippen LogP contribution in [0.2, 0.25) is 0 Å². The summed E-state index contributed by atoms with van der Waals surface area (Å²) >= 11 is 0. The average Bonchev–Trinajstić information content (AvgIpc) is 2.53. The van der Waals surface area contributed by atoms with Crippen molar-refractivity contribution in [2.45, 2.75) is 6.42 Å². The van der Waals surface area contributed by atoms with E-state index in [4.69, 9.17) is 11.0 Å². The Bertz CT molecular complexity index is 530. The molecule has 0 atom stereocenters. The largest absolute Gasteiger partial charge is 0.384 e. The topological polar surface area (TPSA) is 70.1 Å². The smallest absolute Gasteiger partial charge is 0.238 e. The summed E-state index contributed by atoms with van der Waals surface area (Å²) in [6, 6.07) is 7.37. The molecule has 0 aromatic heterocycles. The maximum absolute atomic E-state index is 13.0. The molecule has 16 heavy (non-hydrogen) atoms. The first kappa shape index (κ1) is 10.2. The quantitative estimate of drug-likeness (QED) is 0.769. The molecular formula is C11H8FN3O. The third kappa shape index (κ3) is 1.50. The lowest BCUT2D eigenvalue weighted by Crippen LogP contribution is -2.28. The number of halogens is 1. The molecule has 0 saturated carbocycles. The molecule has 1 amide bonds. The molecule has 0 radical (unpaired) electrons. The number of nitrogens with zero attached hydrogens (tertiary/aromatic N) is 2. The van der Waals surface area contributed by atoms with Gasteiger partial charge in [0.05, 0.1) is 23.8 Å². The van der Waals surface area contributed by atoms with Crippen LogP contribution < -0.4 is 10.6 Å². The Morgan fingerprint density at radius 3 is 2.81 bits per heavy atom. The van der Waals surface area contributed by atoms with Crippen molar-refractivity contribution in [3.8, 4) is 6.07 Å². The lowest BCUT2D eigenvalue weighted by molar-refractivity contribution is -0.116. The van der Waals surface area contributed by atoms with E-state index in [2.05, 4.69) is 0 Å². The molecule has 2 rings (SSSR count).